The molecule has 0 saturated carbocycles. The largest absolute Gasteiger partial charge is 0.396 e. The average molecular weight is 380 g/mol. The number of nitro benzene ring substituents is 1. The number of nitro groups is 1. The molecule has 2 heterocycles. The minimum atomic E-state index is -0.412. The minimum absolute atomic E-state index is 0.0368. The van der Waals surface area contributed by atoms with Crippen molar-refractivity contribution in [3.05, 3.63) is 64.5 Å². The number of aliphatic hydroxyl groups is 1. The number of aliphatic hydroxyl groups excluding tert-OH is 1. The van der Waals surface area contributed by atoms with Gasteiger partial charge in [-0.25, -0.2) is 4.98 Å². The molecule has 0 bridgehead atoms. The Morgan fingerprint density at radius 3 is 2.68 bits per heavy atom. The zero-order valence-corrected chi connectivity index (χ0v) is 15.3. The fourth-order valence-corrected chi connectivity index (χ4v) is 2.63. The zero-order chi connectivity index (χ0) is 19.9. The number of nitrogens with one attached hydrogen (secondary N) is 2. The highest BCUT2D eigenvalue weighted by atomic mass is 16.6. The van der Waals surface area contributed by atoms with Gasteiger partial charge in [0.2, 0.25) is 5.95 Å². The van der Waals surface area contributed by atoms with Crippen LogP contribution in [-0.2, 0) is 0 Å². The molecule has 0 saturated heterocycles. The van der Waals surface area contributed by atoms with Crippen LogP contribution in [0.3, 0.4) is 0 Å². The van der Waals surface area contributed by atoms with E-state index in [9.17, 15) is 10.1 Å². The Kier molecular flexibility index (Phi) is 6.07. The van der Waals surface area contributed by atoms with Crippen LogP contribution in [0.15, 0.2) is 48.8 Å². The van der Waals surface area contributed by atoms with Crippen LogP contribution < -0.4 is 10.6 Å². The summed E-state index contributed by atoms with van der Waals surface area (Å²) in [7, 11) is 0. The highest BCUT2D eigenvalue weighted by Crippen LogP contribution is 2.29. The molecule has 0 aliphatic rings. The van der Waals surface area contributed by atoms with Gasteiger partial charge in [-0.3, -0.25) is 15.1 Å². The molecule has 0 spiro atoms. The van der Waals surface area contributed by atoms with E-state index >= 15 is 0 Å². The molecule has 2 aromatic heterocycles. The van der Waals surface area contributed by atoms with Gasteiger partial charge < -0.3 is 15.7 Å². The number of hydrogen-bond donors (Lipinski definition) is 3. The SMILES string of the molecule is Cc1c(Nc2cc(-c3ccncc3)nc(NCCCO)n2)cccc1[N+](=O)[O-]. The van der Waals surface area contributed by atoms with Gasteiger partial charge in [0.05, 0.1) is 16.2 Å². The van der Waals surface area contributed by atoms with E-state index in [1.165, 1.54) is 6.07 Å². The number of anilines is 3. The molecule has 0 fully saturated rings. The number of benzene rings is 1. The number of nitrogens with zero attached hydrogens (tertiary/aromatic N) is 4. The number of rotatable bonds is 8. The summed E-state index contributed by atoms with van der Waals surface area (Å²) in [5.74, 6) is 0.894. The van der Waals surface area contributed by atoms with Gasteiger partial charge in [-0.15, -0.1) is 0 Å². The van der Waals surface area contributed by atoms with E-state index in [1.807, 2.05) is 12.1 Å². The first-order chi connectivity index (χ1) is 13.6. The van der Waals surface area contributed by atoms with Crippen LogP contribution in [0.1, 0.15) is 12.0 Å². The van der Waals surface area contributed by atoms with Crippen molar-refractivity contribution in [3.63, 3.8) is 0 Å². The van der Waals surface area contributed by atoms with Gasteiger partial charge in [-0.1, -0.05) is 6.07 Å². The van der Waals surface area contributed by atoms with Crippen molar-refractivity contribution in [3.8, 4) is 11.3 Å². The van der Waals surface area contributed by atoms with Crippen molar-refractivity contribution in [1.82, 2.24) is 15.0 Å². The van der Waals surface area contributed by atoms with Gasteiger partial charge in [0.25, 0.3) is 5.69 Å². The summed E-state index contributed by atoms with van der Waals surface area (Å²) in [5, 5.41) is 26.4. The Hall–Kier alpha value is -3.59. The Balaban J connectivity index is 1.97. The van der Waals surface area contributed by atoms with E-state index in [1.54, 1.807) is 37.5 Å². The van der Waals surface area contributed by atoms with Crippen LogP contribution in [0.4, 0.5) is 23.1 Å². The summed E-state index contributed by atoms with van der Waals surface area (Å²) in [6, 6.07) is 10.3. The second kappa shape index (κ2) is 8.87. The van der Waals surface area contributed by atoms with Crippen LogP contribution in [0.2, 0.25) is 0 Å². The standard InChI is InChI=1S/C19H20N6O3/c1-13-15(4-2-5-17(13)25(27)28)22-18-12-16(14-6-9-20-10-7-14)23-19(24-18)21-8-3-11-26/h2,4-7,9-10,12,26H,3,8,11H2,1H3,(H2,21,22,23,24). The van der Waals surface area contributed by atoms with E-state index in [4.69, 9.17) is 5.11 Å². The Labute approximate surface area is 161 Å². The number of pyridine rings is 1. The Morgan fingerprint density at radius 1 is 1.18 bits per heavy atom. The van der Waals surface area contributed by atoms with Crippen molar-refractivity contribution < 1.29 is 10.0 Å². The molecular formula is C19H20N6O3. The first kappa shape index (κ1) is 19.2. The van der Waals surface area contributed by atoms with Crippen molar-refractivity contribution in [2.45, 2.75) is 13.3 Å². The summed E-state index contributed by atoms with van der Waals surface area (Å²) in [5.41, 5.74) is 2.69. The maximum atomic E-state index is 11.2. The van der Waals surface area contributed by atoms with E-state index in [-0.39, 0.29) is 12.3 Å². The Morgan fingerprint density at radius 2 is 1.96 bits per heavy atom. The van der Waals surface area contributed by atoms with Crippen molar-refractivity contribution in [1.29, 1.82) is 0 Å². The smallest absolute Gasteiger partial charge is 0.274 e. The lowest BCUT2D eigenvalue weighted by molar-refractivity contribution is -0.385. The highest BCUT2D eigenvalue weighted by molar-refractivity contribution is 5.70. The lowest BCUT2D eigenvalue weighted by atomic mass is 10.1. The average Bonchev–Trinajstić information content (AvgIpc) is 2.70. The summed E-state index contributed by atoms with van der Waals surface area (Å²) >= 11 is 0. The van der Waals surface area contributed by atoms with Gasteiger partial charge in [-0.2, -0.15) is 4.98 Å². The molecule has 3 aromatic rings. The van der Waals surface area contributed by atoms with Crippen LogP contribution in [0.5, 0.6) is 0 Å². The molecule has 0 atom stereocenters. The minimum Gasteiger partial charge on any atom is -0.396 e. The van der Waals surface area contributed by atoms with E-state index in [0.717, 1.165) is 5.56 Å². The Bertz CT molecular complexity index is 965. The molecule has 28 heavy (non-hydrogen) atoms. The molecule has 1 aromatic carbocycles. The quantitative estimate of drug-likeness (QED) is 0.309. The summed E-state index contributed by atoms with van der Waals surface area (Å²) in [6.07, 6.45) is 3.91. The highest BCUT2D eigenvalue weighted by Gasteiger charge is 2.14. The third-order valence-corrected chi connectivity index (χ3v) is 4.08. The molecule has 144 valence electrons. The lowest BCUT2D eigenvalue weighted by Gasteiger charge is -2.13. The van der Waals surface area contributed by atoms with Crippen LogP contribution in [0.25, 0.3) is 11.3 Å². The van der Waals surface area contributed by atoms with Gasteiger partial charge in [-0.05, 0) is 31.5 Å². The van der Waals surface area contributed by atoms with E-state index in [0.29, 0.717) is 41.7 Å². The van der Waals surface area contributed by atoms with Crippen molar-refractivity contribution >= 4 is 23.1 Å². The van der Waals surface area contributed by atoms with Gasteiger partial charge >= 0.3 is 0 Å². The third kappa shape index (κ3) is 4.57. The van der Waals surface area contributed by atoms with Gasteiger partial charge in [0, 0.05) is 48.9 Å². The molecule has 0 amide bonds. The lowest BCUT2D eigenvalue weighted by Crippen LogP contribution is -2.09. The van der Waals surface area contributed by atoms with Crippen molar-refractivity contribution in [2.75, 3.05) is 23.8 Å². The van der Waals surface area contributed by atoms with Gasteiger partial charge in [0.1, 0.15) is 5.82 Å². The summed E-state index contributed by atoms with van der Waals surface area (Å²) in [6.45, 7) is 2.27. The molecule has 0 radical (unpaired) electrons. The topological polar surface area (TPSA) is 126 Å². The second-order valence-electron chi connectivity index (χ2n) is 6.03. The van der Waals surface area contributed by atoms with Crippen LogP contribution in [-0.4, -0.2) is 38.1 Å². The fraction of sp³-hybridized carbons (Fsp3) is 0.211. The maximum Gasteiger partial charge on any atom is 0.274 e. The van der Waals surface area contributed by atoms with E-state index in [2.05, 4.69) is 25.6 Å². The van der Waals surface area contributed by atoms with Crippen LogP contribution >= 0.6 is 0 Å². The van der Waals surface area contributed by atoms with Crippen molar-refractivity contribution in [2.24, 2.45) is 0 Å². The molecular weight excluding hydrogens is 360 g/mol. The normalized spacial score (nSPS) is 10.5. The summed E-state index contributed by atoms with van der Waals surface area (Å²) < 4.78 is 0. The first-order valence-electron chi connectivity index (χ1n) is 8.73. The van der Waals surface area contributed by atoms with Gasteiger partial charge in [0.15, 0.2) is 0 Å². The third-order valence-electron chi connectivity index (χ3n) is 4.08. The predicted molar refractivity (Wildman–Crippen MR) is 107 cm³/mol. The van der Waals surface area contributed by atoms with Crippen LogP contribution in [0, 0.1) is 17.0 Å². The monoisotopic (exact) mass is 380 g/mol. The molecule has 0 aliphatic carbocycles. The second-order valence-corrected chi connectivity index (χ2v) is 6.03. The predicted octanol–water partition coefficient (Wildman–Crippen LogP) is 3.29. The maximum absolute atomic E-state index is 11.2. The molecule has 9 nitrogen and oxygen atoms in total. The number of hydrogen-bond acceptors (Lipinski definition) is 8. The number of aromatic nitrogens is 3. The molecule has 3 N–H and O–H groups in total. The first-order valence-corrected chi connectivity index (χ1v) is 8.73. The summed E-state index contributed by atoms with van der Waals surface area (Å²) in [4.78, 5) is 23.7. The molecule has 3 rings (SSSR count). The molecule has 0 aliphatic heterocycles. The molecule has 0 unspecified atom stereocenters. The molecule has 9 heteroatoms. The zero-order valence-electron chi connectivity index (χ0n) is 15.3. The fourth-order valence-electron chi connectivity index (χ4n) is 2.63. The van der Waals surface area contributed by atoms with E-state index < -0.39 is 4.92 Å².